The Bertz CT molecular complexity index is 1170. The van der Waals surface area contributed by atoms with Gasteiger partial charge in [-0.25, -0.2) is 9.97 Å². The summed E-state index contributed by atoms with van der Waals surface area (Å²) in [5, 5.41) is 4.37. The highest BCUT2D eigenvalue weighted by atomic mass is 16.2. The Hall–Kier alpha value is -3.15. The number of aromatic nitrogens is 4. The number of rotatable bonds is 3. The van der Waals surface area contributed by atoms with Gasteiger partial charge in [0, 0.05) is 30.9 Å². The summed E-state index contributed by atoms with van der Waals surface area (Å²) in [6.07, 6.45) is 10.4. The molecule has 0 unspecified atom stereocenters. The highest BCUT2D eigenvalue weighted by Gasteiger charge is 2.24. The van der Waals surface area contributed by atoms with Gasteiger partial charge < -0.3 is 9.88 Å². The molecule has 0 radical (unpaired) electrons. The third-order valence-electron chi connectivity index (χ3n) is 6.04. The summed E-state index contributed by atoms with van der Waals surface area (Å²) in [5.41, 5.74) is 3.69. The van der Waals surface area contributed by atoms with Crippen LogP contribution >= 0.6 is 0 Å². The van der Waals surface area contributed by atoms with Crippen LogP contribution in [0.5, 0.6) is 0 Å². The number of para-hydroxylation sites is 1. The van der Waals surface area contributed by atoms with Crippen LogP contribution in [0.4, 0.5) is 0 Å². The lowest BCUT2D eigenvalue weighted by Crippen LogP contribution is -2.35. The van der Waals surface area contributed by atoms with Gasteiger partial charge in [-0.15, -0.1) is 0 Å². The Labute approximate surface area is 169 Å². The first-order chi connectivity index (χ1) is 14.2. The standard InChI is InChI=1S/C23H25N5O/c1-27-18-12-7-6-11-17(18)21-19(27)15-20(28(21)23-24-13-8-14-25-23)22(29)26-16-9-4-2-3-5-10-16/h6-8,11-16H,2-5,9-10H2,1H3,(H,26,29). The van der Waals surface area contributed by atoms with Crippen molar-refractivity contribution < 1.29 is 4.79 Å². The van der Waals surface area contributed by atoms with Crippen LogP contribution in [-0.4, -0.2) is 31.1 Å². The molecule has 3 heterocycles. The minimum absolute atomic E-state index is 0.0513. The van der Waals surface area contributed by atoms with E-state index < -0.39 is 0 Å². The summed E-state index contributed by atoms with van der Waals surface area (Å²) in [7, 11) is 2.04. The van der Waals surface area contributed by atoms with Gasteiger partial charge >= 0.3 is 0 Å². The van der Waals surface area contributed by atoms with Crippen molar-refractivity contribution in [2.24, 2.45) is 7.05 Å². The van der Waals surface area contributed by atoms with Crippen LogP contribution in [0.2, 0.25) is 0 Å². The maximum atomic E-state index is 13.3. The summed E-state index contributed by atoms with van der Waals surface area (Å²) in [6.45, 7) is 0. The minimum atomic E-state index is -0.0513. The Morgan fingerprint density at radius 2 is 1.72 bits per heavy atom. The summed E-state index contributed by atoms with van der Waals surface area (Å²) in [5.74, 6) is 0.467. The van der Waals surface area contributed by atoms with Crippen LogP contribution in [0, 0.1) is 0 Å². The van der Waals surface area contributed by atoms with Crippen molar-refractivity contribution in [3.8, 4) is 5.95 Å². The van der Waals surface area contributed by atoms with Crippen molar-refractivity contribution in [2.45, 2.75) is 44.6 Å². The monoisotopic (exact) mass is 387 g/mol. The molecule has 3 aromatic heterocycles. The van der Waals surface area contributed by atoms with E-state index in [4.69, 9.17) is 0 Å². The molecule has 0 spiro atoms. The number of carbonyl (C=O) groups is 1. The van der Waals surface area contributed by atoms with Crippen molar-refractivity contribution in [3.05, 3.63) is 54.5 Å². The molecule has 1 aliphatic carbocycles. The molecule has 4 aromatic rings. The fourth-order valence-corrected chi connectivity index (χ4v) is 4.57. The van der Waals surface area contributed by atoms with Crippen molar-refractivity contribution in [1.29, 1.82) is 0 Å². The molecule has 1 amide bonds. The topological polar surface area (TPSA) is 64.7 Å². The van der Waals surface area contributed by atoms with Gasteiger partial charge in [-0.3, -0.25) is 9.36 Å². The van der Waals surface area contributed by atoms with Crippen molar-refractivity contribution in [2.75, 3.05) is 0 Å². The largest absolute Gasteiger partial charge is 0.348 e. The predicted molar refractivity (Wildman–Crippen MR) is 114 cm³/mol. The Kier molecular flexibility index (Phi) is 4.54. The third kappa shape index (κ3) is 3.09. The molecule has 6 heteroatoms. The highest BCUT2D eigenvalue weighted by molar-refractivity contribution is 6.10. The van der Waals surface area contributed by atoms with Gasteiger partial charge in [0.25, 0.3) is 5.91 Å². The lowest BCUT2D eigenvalue weighted by atomic mass is 10.1. The van der Waals surface area contributed by atoms with E-state index in [1.165, 1.54) is 25.7 Å². The molecule has 1 N–H and O–H groups in total. The first-order valence-electron chi connectivity index (χ1n) is 10.4. The van der Waals surface area contributed by atoms with Crippen LogP contribution in [0.15, 0.2) is 48.8 Å². The molecule has 148 valence electrons. The lowest BCUT2D eigenvalue weighted by molar-refractivity contribution is 0.0926. The van der Waals surface area contributed by atoms with E-state index >= 15 is 0 Å². The average molecular weight is 387 g/mol. The maximum absolute atomic E-state index is 13.3. The van der Waals surface area contributed by atoms with E-state index in [2.05, 4.69) is 32.0 Å². The zero-order chi connectivity index (χ0) is 19.8. The molecule has 0 bridgehead atoms. The second kappa shape index (κ2) is 7.35. The molecular formula is C23H25N5O. The first-order valence-corrected chi connectivity index (χ1v) is 10.4. The average Bonchev–Trinajstić information content (AvgIpc) is 3.14. The van der Waals surface area contributed by atoms with E-state index in [-0.39, 0.29) is 11.9 Å². The second-order valence-corrected chi connectivity index (χ2v) is 7.89. The molecule has 1 saturated carbocycles. The van der Waals surface area contributed by atoms with E-state index in [9.17, 15) is 4.79 Å². The number of hydrogen-bond donors (Lipinski definition) is 1. The Morgan fingerprint density at radius 1 is 1.00 bits per heavy atom. The fraction of sp³-hybridized carbons (Fsp3) is 0.348. The van der Waals surface area contributed by atoms with Gasteiger partial charge in [0.2, 0.25) is 5.95 Å². The molecular weight excluding hydrogens is 362 g/mol. The second-order valence-electron chi connectivity index (χ2n) is 7.89. The third-order valence-corrected chi connectivity index (χ3v) is 6.04. The fourth-order valence-electron chi connectivity index (χ4n) is 4.57. The van der Waals surface area contributed by atoms with Gasteiger partial charge in [0.05, 0.1) is 16.6 Å². The minimum Gasteiger partial charge on any atom is -0.348 e. The SMILES string of the molecule is Cn1c2ccccc2c2c1cc(C(=O)NC1CCCCCC1)n2-c1ncccn1. The van der Waals surface area contributed by atoms with Crippen LogP contribution < -0.4 is 5.32 Å². The maximum Gasteiger partial charge on any atom is 0.268 e. The first kappa shape index (κ1) is 17.9. The summed E-state index contributed by atoms with van der Waals surface area (Å²) >= 11 is 0. The van der Waals surface area contributed by atoms with Gasteiger partial charge in [0.1, 0.15) is 5.69 Å². The smallest absolute Gasteiger partial charge is 0.268 e. The van der Waals surface area contributed by atoms with Crippen LogP contribution in [-0.2, 0) is 7.05 Å². The molecule has 29 heavy (non-hydrogen) atoms. The molecule has 1 fully saturated rings. The summed E-state index contributed by atoms with van der Waals surface area (Å²) < 4.78 is 4.04. The van der Waals surface area contributed by atoms with Crippen molar-refractivity contribution >= 4 is 27.8 Å². The van der Waals surface area contributed by atoms with Crippen LogP contribution in [0.1, 0.15) is 49.0 Å². The van der Waals surface area contributed by atoms with E-state index in [0.29, 0.717) is 11.6 Å². The van der Waals surface area contributed by atoms with E-state index in [1.807, 2.05) is 29.8 Å². The number of fused-ring (bicyclic) bond motifs is 3. The summed E-state index contributed by atoms with van der Waals surface area (Å²) in [6, 6.07) is 12.2. The van der Waals surface area contributed by atoms with Gasteiger partial charge in [-0.1, -0.05) is 43.9 Å². The van der Waals surface area contributed by atoms with Crippen LogP contribution in [0.25, 0.3) is 27.9 Å². The molecule has 0 saturated heterocycles. The van der Waals surface area contributed by atoms with Gasteiger partial charge in [-0.05, 0) is 31.0 Å². The van der Waals surface area contributed by atoms with Gasteiger partial charge in [-0.2, -0.15) is 0 Å². The quantitative estimate of drug-likeness (QED) is 0.531. The number of amides is 1. The van der Waals surface area contributed by atoms with Gasteiger partial charge in [0.15, 0.2) is 0 Å². The Morgan fingerprint density at radius 3 is 2.48 bits per heavy atom. The normalized spacial score (nSPS) is 15.6. The number of benzene rings is 1. The predicted octanol–water partition coefficient (Wildman–Crippen LogP) is 4.36. The molecule has 6 nitrogen and oxygen atoms in total. The van der Waals surface area contributed by atoms with E-state index in [1.54, 1.807) is 18.5 Å². The van der Waals surface area contributed by atoms with Crippen LogP contribution in [0.3, 0.4) is 0 Å². The van der Waals surface area contributed by atoms with Crippen molar-refractivity contribution in [3.63, 3.8) is 0 Å². The Balaban J connectivity index is 1.66. The van der Waals surface area contributed by atoms with Crippen molar-refractivity contribution in [1.82, 2.24) is 24.4 Å². The lowest BCUT2D eigenvalue weighted by Gasteiger charge is -2.17. The van der Waals surface area contributed by atoms with E-state index in [0.717, 1.165) is 34.8 Å². The molecule has 0 aliphatic heterocycles. The number of aryl methyl sites for hydroxylation is 1. The molecule has 1 aliphatic rings. The molecule has 5 rings (SSSR count). The number of nitrogens with zero attached hydrogens (tertiary/aromatic N) is 4. The number of carbonyl (C=O) groups excluding carboxylic acids is 1. The number of nitrogens with one attached hydrogen (secondary N) is 1. The highest BCUT2D eigenvalue weighted by Crippen LogP contribution is 2.32. The summed E-state index contributed by atoms with van der Waals surface area (Å²) in [4.78, 5) is 22.2. The number of hydrogen-bond acceptors (Lipinski definition) is 3. The zero-order valence-corrected chi connectivity index (χ0v) is 16.6. The molecule has 1 aromatic carbocycles. The zero-order valence-electron chi connectivity index (χ0n) is 16.6. The molecule has 0 atom stereocenters.